The molecule has 0 aliphatic heterocycles. The molecule has 0 saturated heterocycles. The molecular formula is C17H16N2O5. The highest BCUT2D eigenvalue weighted by atomic mass is 16.5. The summed E-state index contributed by atoms with van der Waals surface area (Å²) >= 11 is 0. The van der Waals surface area contributed by atoms with Crippen LogP contribution >= 0.6 is 0 Å². The summed E-state index contributed by atoms with van der Waals surface area (Å²) < 4.78 is 9.31. The van der Waals surface area contributed by atoms with Gasteiger partial charge in [0.15, 0.2) is 0 Å². The van der Waals surface area contributed by atoms with Gasteiger partial charge in [-0.1, -0.05) is 12.1 Å². The minimum Gasteiger partial charge on any atom is -0.464 e. The largest absolute Gasteiger partial charge is 0.464 e. The van der Waals surface area contributed by atoms with Crippen LogP contribution in [0, 0.1) is 0 Å². The van der Waals surface area contributed by atoms with Gasteiger partial charge in [-0.3, -0.25) is 4.79 Å². The van der Waals surface area contributed by atoms with E-state index in [-0.39, 0.29) is 17.3 Å². The predicted octanol–water partition coefficient (Wildman–Crippen LogP) is 2.28. The number of hydrogen-bond donors (Lipinski definition) is 1. The van der Waals surface area contributed by atoms with Crippen molar-refractivity contribution in [3.05, 3.63) is 47.8 Å². The lowest BCUT2D eigenvalue weighted by atomic mass is 10.0. The second kappa shape index (κ2) is 7.36. The van der Waals surface area contributed by atoms with Crippen LogP contribution in [-0.2, 0) is 14.3 Å². The van der Waals surface area contributed by atoms with Crippen LogP contribution in [0.5, 0.6) is 0 Å². The fraction of sp³-hybridized carbons (Fsp3) is 0.176. The molecular weight excluding hydrogens is 312 g/mol. The summed E-state index contributed by atoms with van der Waals surface area (Å²) in [5, 5.41) is 2.66. The summed E-state index contributed by atoms with van der Waals surface area (Å²) in [5.74, 6) is -1.48. The molecule has 1 heterocycles. The Bertz CT molecular complexity index is 750. The van der Waals surface area contributed by atoms with E-state index in [4.69, 9.17) is 0 Å². The average Bonchev–Trinajstić information content (AvgIpc) is 2.60. The molecule has 7 heteroatoms. The maximum absolute atomic E-state index is 11.8. The fourth-order valence-corrected chi connectivity index (χ4v) is 2.06. The van der Waals surface area contributed by atoms with E-state index in [2.05, 4.69) is 19.8 Å². The summed E-state index contributed by atoms with van der Waals surface area (Å²) in [5.41, 5.74) is 1.98. The van der Waals surface area contributed by atoms with Crippen molar-refractivity contribution in [3.63, 3.8) is 0 Å². The van der Waals surface area contributed by atoms with Crippen LogP contribution in [0.2, 0.25) is 0 Å². The number of nitrogens with zero attached hydrogens (tertiary/aromatic N) is 1. The number of nitrogens with one attached hydrogen (secondary N) is 1. The second-order valence-electron chi connectivity index (χ2n) is 4.87. The van der Waals surface area contributed by atoms with E-state index in [1.165, 1.54) is 33.3 Å². The number of esters is 2. The molecule has 0 atom stereocenters. The van der Waals surface area contributed by atoms with E-state index in [9.17, 15) is 14.4 Å². The number of ether oxygens (including phenoxy) is 2. The van der Waals surface area contributed by atoms with Crippen molar-refractivity contribution in [1.82, 2.24) is 4.98 Å². The van der Waals surface area contributed by atoms with Gasteiger partial charge < -0.3 is 14.8 Å². The van der Waals surface area contributed by atoms with Crippen LogP contribution in [0.15, 0.2) is 36.4 Å². The van der Waals surface area contributed by atoms with Crippen molar-refractivity contribution in [3.8, 4) is 11.1 Å². The highest BCUT2D eigenvalue weighted by molar-refractivity contribution is 5.94. The Morgan fingerprint density at radius 2 is 1.38 bits per heavy atom. The van der Waals surface area contributed by atoms with Crippen LogP contribution in [-0.4, -0.2) is 37.0 Å². The van der Waals surface area contributed by atoms with Gasteiger partial charge in [0.25, 0.3) is 0 Å². The van der Waals surface area contributed by atoms with Gasteiger partial charge in [-0.15, -0.1) is 0 Å². The van der Waals surface area contributed by atoms with Gasteiger partial charge in [0.05, 0.1) is 14.2 Å². The SMILES string of the molecule is COC(=O)c1cc(-c2ccc(NC(C)=O)cc2)cc(C(=O)OC)n1. The number of pyridine rings is 1. The van der Waals surface area contributed by atoms with Crippen LogP contribution in [0.3, 0.4) is 0 Å². The first-order valence-electron chi connectivity index (χ1n) is 7.01. The molecule has 1 amide bonds. The molecule has 0 spiro atoms. The maximum atomic E-state index is 11.8. The molecule has 0 fully saturated rings. The normalized spacial score (nSPS) is 9.96. The lowest BCUT2D eigenvalue weighted by molar-refractivity contribution is -0.114. The molecule has 1 N–H and O–H groups in total. The first kappa shape index (κ1) is 17.1. The smallest absolute Gasteiger partial charge is 0.356 e. The Labute approximate surface area is 138 Å². The van der Waals surface area contributed by atoms with Gasteiger partial charge in [0, 0.05) is 12.6 Å². The first-order valence-corrected chi connectivity index (χ1v) is 7.01. The lowest BCUT2D eigenvalue weighted by Crippen LogP contribution is -2.11. The van der Waals surface area contributed by atoms with Crippen LogP contribution < -0.4 is 5.32 Å². The van der Waals surface area contributed by atoms with Crippen molar-refractivity contribution >= 4 is 23.5 Å². The zero-order chi connectivity index (χ0) is 17.7. The van der Waals surface area contributed by atoms with Crippen molar-refractivity contribution in [2.24, 2.45) is 0 Å². The van der Waals surface area contributed by atoms with Gasteiger partial charge in [-0.25, -0.2) is 14.6 Å². The zero-order valence-electron chi connectivity index (χ0n) is 13.5. The minimum atomic E-state index is -0.656. The Morgan fingerprint density at radius 1 is 0.875 bits per heavy atom. The summed E-state index contributed by atoms with van der Waals surface area (Å²) in [6.45, 7) is 1.42. The first-order chi connectivity index (χ1) is 11.4. The fourth-order valence-electron chi connectivity index (χ4n) is 2.06. The van der Waals surface area contributed by atoms with Crippen molar-refractivity contribution in [1.29, 1.82) is 0 Å². The van der Waals surface area contributed by atoms with E-state index in [1.54, 1.807) is 24.3 Å². The monoisotopic (exact) mass is 328 g/mol. The Morgan fingerprint density at radius 3 is 1.79 bits per heavy atom. The number of anilines is 1. The number of methoxy groups -OCH3 is 2. The number of rotatable bonds is 4. The molecule has 2 aromatic rings. The minimum absolute atomic E-state index is 0.00124. The molecule has 0 saturated carbocycles. The second-order valence-corrected chi connectivity index (χ2v) is 4.87. The molecule has 1 aromatic carbocycles. The molecule has 1 aromatic heterocycles. The third-order valence-corrected chi connectivity index (χ3v) is 3.15. The van der Waals surface area contributed by atoms with Crippen molar-refractivity contribution in [2.45, 2.75) is 6.92 Å². The standard InChI is InChI=1S/C17H16N2O5/c1-10(20)18-13-6-4-11(5-7-13)12-8-14(16(21)23-2)19-15(9-12)17(22)24-3/h4-9H,1-3H3,(H,18,20). The molecule has 2 rings (SSSR count). The van der Waals surface area contributed by atoms with E-state index in [0.29, 0.717) is 11.3 Å². The maximum Gasteiger partial charge on any atom is 0.356 e. The molecule has 0 aliphatic rings. The third kappa shape index (κ3) is 3.95. The van der Waals surface area contributed by atoms with Gasteiger partial charge in [0.2, 0.25) is 5.91 Å². The van der Waals surface area contributed by atoms with Crippen LogP contribution in [0.4, 0.5) is 5.69 Å². The molecule has 0 radical (unpaired) electrons. The quantitative estimate of drug-likeness (QED) is 0.865. The molecule has 124 valence electrons. The van der Waals surface area contributed by atoms with Gasteiger partial charge in [-0.05, 0) is 35.4 Å². The average molecular weight is 328 g/mol. The van der Waals surface area contributed by atoms with Gasteiger partial charge in [0.1, 0.15) is 11.4 Å². The van der Waals surface area contributed by atoms with E-state index < -0.39 is 11.9 Å². The summed E-state index contributed by atoms with van der Waals surface area (Å²) in [6.07, 6.45) is 0. The summed E-state index contributed by atoms with van der Waals surface area (Å²) in [4.78, 5) is 38.5. The van der Waals surface area contributed by atoms with E-state index >= 15 is 0 Å². The summed E-state index contributed by atoms with van der Waals surface area (Å²) in [6, 6.07) is 9.97. The highest BCUT2D eigenvalue weighted by Gasteiger charge is 2.16. The molecule has 0 unspecified atom stereocenters. The molecule has 0 aliphatic carbocycles. The third-order valence-electron chi connectivity index (χ3n) is 3.15. The zero-order valence-corrected chi connectivity index (χ0v) is 13.5. The highest BCUT2D eigenvalue weighted by Crippen LogP contribution is 2.23. The Balaban J connectivity index is 2.46. The van der Waals surface area contributed by atoms with E-state index in [1.807, 2.05) is 0 Å². The van der Waals surface area contributed by atoms with Gasteiger partial charge >= 0.3 is 11.9 Å². The number of carbonyl (C=O) groups excluding carboxylic acids is 3. The Hall–Kier alpha value is -3.22. The molecule has 0 bridgehead atoms. The molecule has 24 heavy (non-hydrogen) atoms. The number of aromatic nitrogens is 1. The van der Waals surface area contributed by atoms with Gasteiger partial charge in [-0.2, -0.15) is 0 Å². The number of amides is 1. The van der Waals surface area contributed by atoms with Crippen LogP contribution in [0.25, 0.3) is 11.1 Å². The number of hydrogen-bond acceptors (Lipinski definition) is 6. The van der Waals surface area contributed by atoms with Crippen molar-refractivity contribution < 1.29 is 23.9 Å². The lowest BCUT2D eigenvalue weighted by Gasteiger charge is -2.08. The van der Waals surface area contributed by atoms with Crippen LogP contribution in [0.1, 0.15) is 27.9 Å². The Kier molecular flexibility index (Phi) is 5.26. The molecule has 7 nitrogen and oxygen atoms in total. The van der Waals surface area contributed by atoms with Crippen molar-refractivity contribution in [2.75, 3.05) is 19.5 Å². The number of carbonyl (C=O) groups is 3. The number of benzene rings is 1. The predicted molar refractivity (Wildman–Crippen MR) is 86.7 cm³/mol. The van der Waals surface area contributed by atoms with E-state index in [0.717, 1.165) is 5.56 Å². The topological polar surface area (TPSA) is 94.6 Å². The summed E-state index contributed by atoms with van der Waals surface area (Å²) in [7, 11) is 2.47.